The molecule has 1 heterocycles. The molecule has 114 valence electrons. The maximum Gasteiger partial charge on any atom is 0.246 e. The van der Waals surface area contributed by atoms with Gasteiger partial charge in [-0.3, -0.25) is 4.79 Å². The van der Waals surface area contributed by atoms with Crippen molar-refractivity contribution in [3.8, 4) is 0 Å². The number of piperazine rings is 1. The zero-order valence-electron chi connectivity index (χ0n) is 11.7. The lowest BCUT2D eigenvalue weighted by molar-refractivity contribution is -0.127. The third kappa shape index (κ3) is 3.64. The number of allylic oxidation sites excluding steroid dienone is 1. The van der Waals surface area contributed by atoms with Gasteiger partial charge in [0.15, 0.2) is 0 Å². The van der Waals surface area contributed by atoms with Gasteiger partial charge in [-0.15, -0.1) is 0 Å². The molecule has 2 rings (SSSR count). The molecule has 0 spiro atoms. The van der Waals surface area contributed by atoms with E-state index in [1.165, 1.54) is 22.5 Å². The van der Waals surface area contributed by atoms with Crippen LogP contribution in [0.4, 0.5) is 0 Å². The minimum absolute atomic E-state index is 0.0824. The lowest BCUT2D eigenvalue weighted by Crippen LogP contribution is -2.50. The van der Waals surface area contributed by atoms with Gasteiger partial charge in [0.05, 0.1) is 4.90 Å². The first-order chi connectivity index (χ1) is 9.95. The molecule has 1 aliphatic heterocycles. The fraction of sp³-hybridized carbons (Fsp3) is 0.357. The van der Waals surface area contributed by atoms with Crippen LogP contribution >= 0.6 is 11.6 Å². The van der Waals surface area contributed by atoms with E-state index in [1.807, 2.05) is 0 Å². The molecule has 7 heteroatoms. The largest absolute Gasteiger partial charge is 0.337 e. The third-order valence-electron chi connectivity index (χ3n) is 3.31. The summed E-state index contributed by atoms with van der Waals surface area (Å²) in [5.74, 6) is -0.0824. The molecule has 0 unspecified atom stereocenters. The number of hydrogen-bond acceptors (Lipinski definition) is 3. The van der Waals surface area contributed by atoms with Gasteiger partial charge in [-0.25, -0.2) is 8.42 Å². The van der Waals surface area contributed by atoms with Crippen LogP contribution in [0.25, 0.3) is 0 Å². The van der Waals surface area contributed by atoms with Gasteiger partial charge in [-0.2, -0.15) is 4.31 Å². The molecule has 0 atom stereocenters. The zero-order chi connectivity index (χ0) is 15.5. The van der Waals surface area contributed by atoms with Gasteiger partial charge in [0.1, 0.15) is 0 Å². The highest BCUT2D eigenvalue weighted by Crippen LogP contribution is 2.19. The van der Waals surface area contributed by atoms with E-state index < -0.39 is 10.0 Å². The number of benzene rings is 1. The van der Waals surface area contributed by atoms with E-state index in [0.29, 0.717) is 31.2 Å². The van der Waals surface area contributed by atoms with Crippen molar-refractivity contribution in [2.75, 3.05) is 26.2 Å². The van der Waals surface area contributed by atoms with Crippen molar-refractivity contribution in [2.24, 2.45) is 0 Å². The van der Waals surface area contributed by atoms with E-state index in [1.54, 1.807) is 30.0 Å². The molecule has 1 aliphatic rings. The summed E-state index contributed by atoms with van der Waals surface area (Å²) in [6.45, 7) is 3.17. The highest BCUT2D eigenvalue weighted by Gasteiger charge is 2.29. The summed E-state index contributed by atoms with van der Waals surface area (Å²) in [7, 11) is -3.52. The standard InChI is InChI=1S/C14H17ClN2O3S/c1-2-3-14(18)16-8-10-17(11-9-16)21(19,20)13-6-4-12(15)5-7-13/h2-7H,8-11H2,1H3/b3-2+. The normalized spacial score (nSPS) is 17.3. The van der Waals surface area contributed by atoms with Crippen molar-refractivity contribution >= 4 is 27.5 Å². The molecule has 21 heavy (non-hydrogen) atoms. The van der Waals surface area contributed by atoms with Gasteiger partial charge in [0.2, 0.25) is 15.9 Å². The number of halogens is 1. The first-order valence-electron chi connectivity index (χ1n) is 6.62. The first-order valence-corrected chi connectivity index (χ1v) is 8.44. The molecule has 0 aliphatic carbocycles. The maximum atomic E-state index is 12.5. The highest BCUT2D eigenvalue weighted by atomic mass is 35.5. The lowest BCUT2D eigenvalue weighted by atomic mass is 10.3. The number of hydrogen-bond donors (Lipinski definition) is 0. The van der Waals surface area contributed by atoms with E-state index in [4.69, 9.17) is 11.6 Å². The average Bonchev–Trinajstić information content (AvgIpc) is 2.48. The summed E-state index contributed by atoms with van der Waals surface area (Å²) in [5.41, 5.74) is 0. The molecule has 1 aromatic rings. The summed E-state index contributed by atoms with van der Waals surface area (Å²) in [6.07, 6.45) is 3.17. The van der Waals surface area contributed by atoms with Crippen LogP contribution in [-0.4, -0.2) is 49.7 Å². The Morgan fingerprint density at radius 3 is 2.24 bits per heavy atom. The number of carbonyl (C=O) groups is 1. The monoisotopic (exact) mass is 328 g/mol. The number of rotatable bonds is 3. The Bertz CT molecular complexity index is 633. The molecule has 0 radical (unpaired) electrons. The SMILES string of the molecule is C/C=C/C(=O)N1CCN(S(=O)(=O)c2ccc(Cl)cc2)CC1. The van der Waals surface area contributed by atoms with E-state index in [9.17, 15) is 13.2 Å². The lowest BCUT2D eigenvalue weighted by Gasteiger charge is -2.33. The summed E-state index contributed by atoms with van der Waals surface area (Å²) in [6, 6.07) is 6.10. The number of carbonyl (C=O) groups excluding carboxylic acids is 1. The molecule has 1 amide bonds. The minimum Gasteiger partial charge on any atom is -0.337 e. The smallest absolute Gasteiger partial charge is 0.246 e. The van der Waals surface area contributed by atoms with Gasteiger partial charge in [-0.05, 0) is 37.3 Å². The molecular weight excluding hydrogens is 312 g/mol. The van der Waals surface area contributed by atoms with Gasteiger partial charge in [0.25, 0.3) is 0 Å². The van der Waals surface area contributed by atoms with E-state index in [-0.39, 0.29) is 10.8 Å². The molecule has 0 bridgehead atoms. The van der Waals surface area contributed by atoms with Crippen LogP contribution in [-0.2, 0) is 14.8 Å². The average molecular weight is 329 g/mol. The summed E-state index contributed by atoms with van der Waals surface area (Å²) in [4.78, 5) is 13.6. The summed E-state index contributed by atoms with van der Waals surface area (Å²) < 4.78 is 26.3. The van der Waals surface area contributed by atoms with Crippen molar-refractivity contribution in [3.63, 3.8) is 0 Å². The van der Waals surface area contributed by atoms with Crippen LogP contribution in [0.2, 0.25) is 5.02 Å². The van der Waals surface area contributed by atoms with E-state index in [0.717, 1.165) is 0 Å². The van der Waals surface area contributed by atoms with Crippen molar-refractivity contribution < 1.29 is 13.2 Å². The van der Waals surface area contributed by atoms with Gasteiger partial charge in [-0.1, -0.05) is 17.7 Å². The van der Waals surface area contributed by atoms with Crippen molar-refractivity contribution in [1.82, 2.24) is 9.21 Å². The van der Waals surface area contributed by atoms with Crippen molar-refractivity contribution in [2.45, 2.75) is 11.8 Å². The highest BCUT2D eigenvalue weighted by molar-refractivity contribution is 7.89. The molecule has 1 aromatic carbocycles. The Balaban J connectivity index is 2.07. The Kier molecular flexibility index (Phi) is 5.03. The predicted octanol–water partition coefficient (Wildman–Crippen LogP) is 1.75. The fourth-order valence-corrected chi connectivity index (χ4v) is 3.70. The van der Waals surface area contributed by atoms with Crippen LogP contribution in [0.3, 0.4) is 0 Å². The van der Waals surface area contributed by atoms with Gasteiger partial charge in [0, 0.05) is 31.2 Å². The second-order valence-electron chi connectivity index (χ2n) is 4.68. The summed E-state index contributed by atoms with van der Waals surface area (Å²) >= 11 is 5.77. The Morgan fingerprint density at radius 2 is 1.71 bits per heavy atom. The van der Waals surface area contributed by atoms with Crippen molar-refractivity contribution in [3.05, 3.63) is 41.4 Å². The van der Waals surface area contributed by atoms with Crippen LogP contribution in [0, 0.1) is 0 Å². The van der Waals surface area contributed by atoms with Gasteiger partial charge < -0.3 is 4.90 Å². The quantitative estimate of drug-likeness (QED) is 0.794. The first kappa shape index (κ1) is 16.0. The predicted molar refractivity (Wildman–Crippen MR) is 81.6 cm³/mol. The second kappa shape index (κ2) is 6.60. The fourth-order valence-electron chi connectivity index (χ4n) is 2.15. The number of sulfonamides is 1. The van der Waals surface area contributed by atoms with Crippen molar-refractivity contribution in [1.29, 1.82) is 0 Å². The molecule has 0 aromatic heterocycles. The molecular formula is C14H17ClN2O3S. The van der Waals surface area contributed by atoms with Gasteiger partial charge >= 0.3 is 0 Å². The topological polar surface area (TPSA) is 57.7 Å². The van der Waals surface area contributed by atoms with Crippen LogP contribution in [0.5, 0.6) is 0 Å². The number of nitrogens with zero attached hydrogens (tertiary/aromatic N) is 2. The maximum absolute atomic E-state index is 12.5. The zero-order valence-corrected chi connectivity index (χ0v) is 13.3. The van der Waals surface area contributed by atoms with Crippen LogP contribution in [0.1, 0.15) is 6.92 Å². The number of amides is 1. The van der Waals surface area contributed by atoms with E-state index >= 15 is 0 Å². The third-order valence-corrected chi connectivity index (χ3v) is 5.48. The van der Waals surface area contributed by atoms with Crippen LogP contribution in [0.15, 0.2) is 41.3 Å². The second-order valence-corrected chi connectivity index (χ2v) is 7.06. The molecule has 0 saturated carbocycles. The Hall–Kier alpha value is -1.37. The molecule has 5 nitrogen and oxygen atoms in total. The van der Waals surface area contributed by atoms with Crippen LogP contribution < -0.4 is 0 Å². The minimum atomic E-state index is -3.52. The Labute approximate surface area is 129 Å². The molecule has 0 N–H and O–H groups in total. The summed E-state index contributed by atoms with van der Waals surface area (Å²) in [5, 5.41) is 0.496. The molecule has 1 fully saturated rings. The van der Waals surface area contributed by atoms with E-state index in [2.05, 4.69) is 0 Å². The molecule has 1 saturated heterocycles. The Morgan fingerprint density at radius 1 is 1.14 bits per heavy atom.